The minimum absolute atomic E-state index is 0.0766. The van der Waals surface area contributed by atoms with Crippen molar-refractivity contribution in [3.8, 4) is 0 Å². The number of unbranched alkanes of at least 4 members (excludes halogenated alkanes) is 3. The monoisotopic (exact) mass is 354 g/mol. The number of hydrogen-bond donors (Lipinski definition) is 3. The number of ketones is 1. The first-order valence-electron chi connectivity index (χ1n) is 10.1. The molecule has 0 aromatic heterocycles. The molecule has 1 saturated carbocycles. The fourth-order valence-electron chi connectivity index (χ4n) is 3.83. The molecule has 1 aliphatic rings. The van der Waals surface area contributed by atoms with Crippen LogP contribution >= 0.6 is 0 Å². The van der Waals surface area contributed by atoms with E-state index in [0.29, 0.717) is 18.8 Å². The van der Waals surface area contributed by atoms with Gasteiger partial charge in [-0.15, -0.1) is 0 Å². The van der Waals surface area contributed by atoms with Gasteiger partial charge in [0, 0.05) is 12.3 Å². The van der Waals surface area contributed by atoms with Crippen LogP contribution in [0.15, 0.2) is 12.2 Å². The summed E-state index contributed by atoms with van der Waals surface area (Å²) in [6.07, 6.45) is 13.9. The molecule has 25 heavy (non-hydrogen) atoms. The lowest BCUT2D eigenvalue weighted by Crippen LogP contribution is -2.23. The molecule has 1 aliphatic carbocycles. The van der Waals surface area contributed by atoms with Crippen LogP contribution in [0.2, 0.25) is 0 Å². The summed E-state index contributed by atoms with van der Waals surface area (Å²) in [5, 5.41) is 29.3. The number of aliphatic hydroxyl groups excluding tert-OH is 2. The second-order valence-corrected chi connectivity index (χ2v) is 8.01. The molecule has 146 valence electrons. The van der Waals surface area contributed by atoms with Crippen LogP contribution < -0.4 is 0 Å². The molecule has 3 N–H and O–H groups in total. The van der Waals surface area contributed by atoms with E-state index in [0.717, 1.165) is 57.8 Å². The largest absolute Gasteiger partial charge is 0.393 e. The number of carbonyl (C=O) groups is 1. The quantitative estimate of drug-likeness (QED) is 0.347. The lowest BCUT2D eigenvalue weighted by Gasteiger charge is -2.22. The summed E-state index contributed by atoms with van der Waals surface area (Å²) in [7, 11) is 0. The number of aliphatic hydroxyl groups is 3. The van der Waals surface area contributed by atoms with Gasteiger partial charge in [0.2, 0.25) is 0 Å². The predicted molar refractivity (Wildman–Crippen MR) is 101 cm³/mol. The van der Waals surface area contributed by atoms with Gasteiger partial charge in [0.15, 0.2) is 5.78 Å². The summed E-state index contributed by atoms with van der Waals surface area (Å²) in [4.78, 5) is 11.1. The highest BCUT2D eigenvalue weighted by atomic mass is 16.3. The summed E-state index contributed by atoms with van der Waals surface area (Å²) < 4.78 is 0. The van der Waals surface area contributed by atoms with E-state index < -0.39 is 5.60 Å². The molecule has 0 aromatic rings. The molecule has 1 fully saturated rings. The molecule has 0 radical (unpaired) electrons. The molecular weight excluding hydrogens is 316 g/mol. The smallest absolute Gasteiger partial charge is 0.158 e. The van der Waals surface area contributed by atoms with Crippen molar-refractivity contribution in [3.05, 3.63) is 12.2 Å². The highest BCUT2D eigenvalue weighted by molar-refractivity contribution is 5.79. The summed E-state index contributed by atoms with van der Waals surface area (Å²) in [5.41, 5.74) is -0.648. The van der Waals surface area contributed by atoms with E-state index in [1.165, 1.54) is 0 Å². The maximum absolute atomic E-state index is 11.1. The first kappa shape index (κ1) is 22.3. The Hall–Kier alpha value is -0.710. The lowest BCUT2D eigenvalue weighted by molar-refractivity contribution is -0.121. The van der Waals surface area contributed by atoms with Crippen molar-refractivity contribution >= 4 is 5.78 Å². The zero-order valence-electron chi connectivity index (χ0n) is 16.1. The standard InChI is InChI=1S/C21H38O4/c1-3-4-14-21(2,25)15-8-11-19-17(12-13-20(19)24)9-6-5-7-10-18(23)16-22/h8,11,17,19-20,22,24-25H,3-7,9-10,12-16H2,1-2H3/b11-8+/t17-,19+,20+,21?/m0/s1. The Morgan fingerprint density at radius 2 is 1.96 bits per heavy atom. The number of rotatable bonds is 13. The van der Waals surface area contributed by atoms with E-state index in [9.17, 15) is 15.0 Å². The van der Waals surface area contributed by atoms with Gasteiger partial charge in [0.05, 0.1) is 11.7 Å². The first-order chi connectivity index (χ1) is 11.9. The SMILES string of the molecule is CCCCC(C)(O)C/C=C/[C@@H]1[C@@H](CCCCCC(=O)CO)CC[C@H]1O. The van der Waals surface area contributed by atoms with E-state index >= 15 is 0 Å². The van der Waals surface area contributed by atoms with Crippen molar-refractivity contribution in [1.29, 1.82) is 0 Å². The van der Waals surface area contributed by atoms with Crippen molar-refractivity contribution in [1.82, 2.24) is 0 Å². The van der Waals surface area contributed by atoms with Gasteiger partial charge in [-0.1, -0.05) is 44.8 Å². The fourth-order valence-corrected chi connectivity index (χ4v) is 3.83. The van der Waals surface area contributed by atoms with Gasteiger partial charge in [-0.25, -0.2) is 0 Å². The van der Waals surface area contributed by atoms with Gasteiger partial charge in [-0.2, -0.15) is 0 Å². The Morgan fingerprint density at radius 1 is 1.20 bits per heavy atom. The summed E-state index contributed by atoms with van der Waals surface area (Å²) in [6.45, 7) is 3.68. The third-order valence-corrected chi connectivity index (χ3v) is 5.51. The Balaban J connectivity index is 2.35. The molecule has 4 heteroatoms. The van der Waals surface area contributed by atoms with E-state index in [1.807, 2.05) is 6.92 Å². The van der Waals surface area contributed by atoms with Gasteiger partial charge in [-0.3, -0.25) is 4.79 Å². The highest BCUT2D eigenvalue weighted by Gasteiger charge is 2.32. The Kier molecular flexibility index (Phi) is 10.6. The molecule has 1 rings (SSSR count). The van der Waals surface area contributed by atoms with E-state index in [4.69, 9.17) is 5.11 Å². The van der Waals surface area contributed by atoms with E-state index in [-0.39, 0.29) is 24.4 Å². The van der Waals surface area contributed by atoms with Gasteiger partial charge in [0.25, 0.3) is 0 Å². The van der Waals surface area contributed by atoms with Crippen molar-refractivity contribution < 1.29 is 20.1 Å². The molecular formula is C21H38O4. The minimum Gasteiger partial charge on any atom is -0.393 e. The maximum atomic E-state index is 11.1. The lowest BCUT2D eigenvalue weighted by atomic mass is 9.88. The third-order valence-electron chi connectivity index (χ3n) is 5.51. The van der Waals surface area contributed by atoms with Gasteiger partial charge in [0.1, 0.15) is 6.61 Å². The van der Waals surface area contributed by atoms with Gasteiger partial charge in [-0.05, 0) is 51.4 Å². The summed E-state index contributed by atoms with van der Waals surface area (Å²) >= 11 is 0. The van der Waals surface area contributed by atoms with Crippen LogP contribution in [-0.4, -0.2) is 39.4 Å². The van der Waals surface area contributed by atoms with Crippen LogP contribution in [0.3, 0.4) is 0 Å². The average Bonchev–Trinajstić information content (AvgIpc) is 2.92. The number of Topliss-reactive ketones (excluding diaryl/α,β-unsaturated/α-hetero) is 1. The van der Waals surface area contributed by atoms with E-state index in [2.05, 4.69) is 19.1 Å². The second kappa shape index (κ2) is 11.8. The fraction of sp³-hybridized carbons (Fsp3) is 0.857. The van der Waals surface area contributed by atoms with Crippen LogP contribution in [0.4, 0.5) is 0 Å². The summed E-state index contributed by atoms with van der Waals surface area (Å²) in [5.74, 6) is 0.619. The average molecular weight is 355 g/mol. The molecule has 0 saturated heterocycles. The number of carbonyl (C=O) groups excluding carboxylic acids is 1. The maximum Gasteiger partial charge on any atom is 0.158 e. The van der Waals surface area contributed by atoms with Crippen molar-refractivity contribution in [3.63, 3.8) is 0 Å². The molecule has 0 spiro atoms. The molecule has 4 nitrogen and oxygen atoms in total. The molecule has 0 amide bonds. The highest BCUT2D eigenvalue weighted by Crippen LogP contribution is 2.37. The van der Waals surface area contributed by atoms with Crippen molar-refractivity contribution in [2.24, 2.45) is 11.8 Å². The molecule has 0 bridgehead atoms. The predicted octanol–water partition coefficient (Wildman–Crippen LogP) is 3.77. The van der Waals surface area contributed by atoms with Crippen molar-refractivity contribution in [2.75, 3.05) is 6.61 Å². The number of hydrogen-bond acceptors (Lipinski definition) is 4. The minimum atomic E-state index is -0.648. The van der Waals surface area contributed by atoms with Crippen LogP contribution in [0, 0.1) is 11.8 Å². The Bertz CT molecular complexity index is 403. The van der Waals surface area contributed by atoms with Crippen LogP contribution in [0.1, 0.15) is 84.5 Å². The topological polar surface area (TPSA) is 77.8 Å². The summed E-state index contributed by atoms with van der Waals surface area (Å²) in [6, 6.07) is 0. The van der Waals surface area contributed by atoms with Gasteiger partial charge < -0.3 is 15.3 Å². The third kappa shape index (κ3) is 8.98. The van der Waals surface area contributed by atoms with Crippen molar-refractivity contribution in [2.45, 2.75) is 96.2 Å². The zero-order chi connectivity index (χ0) is 18.7. The molecule has 4 atom stereocenters. The Labute approximate surface area is 153 Å². The molecule has 0 aliphatic heterocycles. The van der Waals surface area contributed by atoms with E-state index in [1.54, 1.807) is 0 Å². The van der Waals surface area contributed by atoms with Crippen LogP contribution in [-0.2, 0) is 4.79 Å². The molecule has 1 unspecified atom stereocenters. The Morgan fingerprint density at radius 3 is 2.64 bits per heavy atom. The first-order valence-corrected chi connectivity index (χ1v) is 10.1. The van der Waals surface area contributed by atoms with Crippen LogP contribution in [0.25, 0.3) is 0 Å². The molecule has 0 heterocycles. The normalized spacial score (nSPS) is 26.2. The molecule has 0 aromatic carbocycles. The van der Waals surface area contributed by atoms with Gasteiger partial charge >= 0.3 is 0 Å². The second-order valence-electron chi connectivity index (χ2n) is 8.01. The van der Waals surface area contributed by atoms with Crippen LogP contribution in [0.5, 0.6) is 0 Å². The zero-order valence-corrected chi connectivity index (χ0v) is 16.1.